The van der Waals surface area contributed by atoms with E-state index in [4.69, 9.17) is 23.6 Å². The molecule has 0 radical (unpaired) electrons. The van der Waals surface area contributed by atoms with Crippen molar-refractivity contribution in [2.24, 2.45) is 4.99 Å². The fourth-order valence-corrected chi connectivity index (χ4v) is 4.91. The minimum absolute atomic E-state index is 0.0938. The lowest BCUT2D eigenvalue weighted by molar-refractivity contribution is 0.252. The highest BCUT2D eigenvalue weighted by Gasteiger charge is 2.17. The SMILES string of the molecule is CN(C)CCCOc1ccc2c(c1)N=C(c1ccc(-c3nc4ccc(OCCCOS(C)(=O)=O)cc4[nH]3)cc1)C2. The molecular weight excluding hydrogens is 528 g/mol. The summed E-state index contributed by atoms with van der Waals surface area (Å²) in [6.07, 6.45) is 3.28. The highest BCUT2D eigenvalue weighted by atomic mass is 32.2. The maximum absolute atomic E-state index is 11.0. The Balaban J connectivity index is 1.20. The van der Waals surface area contributed by atoms with Crippen LogP contribution in [0.1, 0.15) is 24.0 Å². The van der Waals surface area contributed by atoms with Crippen LogP contribution in [0.2, 0.25) is 0 Å². The first-order valence-electron chi connectivity index (χ1n) is 13.3. The second-order valence-corrected chi connectivity index (χ2v) is 11.7. The first-order chi connectivity index (χ1) is 19.2. The van der Waals surface area contributed by atoms with Gasteiger partial charge in [0.25, 0.3) is 10.1 Å². The van der Waals surface area contributed by atoms with Crippen LogP contribution in [-0.4, -0.2) is 75.7 Å². The molecule has 0 aliphatic carbocycles. The number of aromatic amines is 1. The van der Waals surface area contributed by atoms with Crippen molar-refractivity contribution in [3.63, 3.8) is 0 Å². The molecule has 5 rings (SSSR count). The Labute approximate surface area is 234 Å². The predicted molar refractivity (Wildman–Crippen MR) is 157 cm³/mol. The normalized spacial score (nSPS) is 13.1. The van der Waals surface area contributed by atoms with Crippen LogP contribution in [0, 0.1) is 0 Å². The van der Waals surface area contributed by atoms with E-state index in [1.807, 2.05) is 30.3 Å². The summed E-state index contributed by atoms with van der Waals surface area (Å²) in [6, 6.07) is 20.1. The summed E-state index contributed by atoms with van der Waals surface area (Å²) < 4.78 is 38.5. The third-order valence-electron chi connectivity index (χ3n) is 6.49. The molecule has 2 heterocycles. The maximum atomic E-state index is 11.0. The van der Waals surface area contributed by atoms with Gasteiger partial charge < -0.3 is 19.4 Å². The molecule has 1 aliphatic rings. The van der Waals surface area contributed by atoms with E-state index in [0.29, 0.717) is 25.4 Å². The average molecular weight is 563 g/mol. The average Bonchev–Trinajstić information content (AvgIpc) is 3.54. The number of nitrogens with zero attached hydrogens (tertiary/aromatic N) is 3. The Morgan fingerprint density at radius 3 is 2.33 bits per heavy atom. The molecular formula is C30H34N4O5S. The lowest BCUT2D eigenvalue weighted by Gasteiger charge is -2.10. The van der Waals surface area contributed by atoms with Gasteiger partial charge >= 0.3 is 0 Å². The number of ether oxygens (including phenoxy) is 2. The number of hydrogen-bond donors (Lipinski definition) is 1. The molecule has 0 saturated heterocycles. The molecule has 0 atom stereocenters. The Morgan fingerprint density at radius 2 is 1.57 bits per heavy atom. The first-order valence-corrected chi connectivity index (χ1v) is 15.1. The smallest absolute Gasteiger partial charge is 0.264 e. The lowest BCUT2D eigenvalue weighted by Crippen LogP contribution is -2.15. The van der Waals surface area contributed by atoms with Crippen LogP contribution in [0.25, 0.3) is 22.4 Å². The summed E-state index contributed by atoms with van der Waals surface area (Å²) in [4.78, 5) is 15.1. The summed E-state index contributed by atoms with van der Waals surface area (Å²) in [7, 11) is 0.698. The third kappa shape index (κ3) is 7.26. The molecule has 4 aromatic rings. The summed E-state index contributed by atoms with van der Waals surface area (Å²) in [5, 5.41) is 0. The molecule has 0 spiro atoms. The van der Waals surface area contributed by atoms with Crippen molar-refractivity contribution >= 4 is 32.6 Å². The van der Waals surface area contributed by atoms with Gasteiger partial charge in [0.1, 0.15) is 17.3 Å². The summed E-state index contributed by atoms with van der Waals surface area (Å²) in [5.74, 6) is 2.31. The van der Waals surface area contributed by atoms with Crippen molar-refractivity contribution in [2.45, 2.75) is 19.3 Å². The zero-order chi connectivity index (χ0) is 28.1. The van der Waals surface area contributed by atoms with E-state index in [1.165, 1.54) is 5.56 Å². The molecule has 0 bridgehead atoms. The molecule has 0 amide bonds. The van der Waals surface area contributed by atoms with Crippen molar-refractivity contribution < 1.29 is 22.1 Å². The van der Waals surface area contributed by atoms with Crippen molar-refractivity contribution in [3.8, 4) is 22.9 Å². The fourth-order valence-electron chi connectivity index (χ4n) is 4.48. The van der Waals surface area contributed by atoms with Gasteiger partial charge in [-0.05, 0) is 49.8 Å². The van der Waals surface area contributed by atoms with Gasteiger partial charge in [-0.3, -0.25) is 9.18 Å². The Bertz CT molecular complexity index is 1610. The van der Waals surface area contributed by atoms with Crippen molar-refractivity contribution in [1.29, 1.82) is 0 Å². The first kappa shape index (κ1) is 27.8. The van der Waals surface area contributed by atoms with Gasteiger partial charge in [0.05, 0.1) is 48.5 Å². The standard InChI is InChI=1S/C30H34N4O5S/c1-34(2)14-4-15-37-24-11-10-23-18-27(31-28(23)19-24)21-6-8-22(9-7-21)30-32-26-13-12-25(20-29(26)33-30)38-16-5-17-39-40(3,35)36/h6-13,19-20H,4-5,14-18H2,1-3H3,(H,32,33). The van der Waals surface area contributed by atoms with E-state index in [9.17, 15) is 8.42 Å². The molecule has 1 aliphatic heterocycles. The van der Waals surface area contributed by atoms with Crippen LogP contribution >= 0.6 is 0 Å². The van der Waals surface area contributed by atoms with Gasteiger partial charge in [0.2, 0.25) is 0 Å². The van der Waals surface area contributed by atoms with E-state index in [1.54, 1.807) is 0 Å². The van der Waals surface area contributed by atoms with Gasteiger partial charge in [-0.25, -0.2) is 4.98 Å². The highest BCUT2D eigenvalue weighted by Crippen LogP contribution is 2.33. The van der Waals surface area contributed by atoms with Crippen LogP contribution in [0.4, 0.5) is 5.69 Å². The van der Waals surface area contributed by atoms with E-state index in [2.05, 4.69) is 54.3 Å². The second-order valence-electron chi connectivity index (χ2n) is 10.1. The maximum Gasteiger partial charge on any atom is 0.264 e. The number of hydrogen-bond acceptors (Lipinski definition) is 8. The zero-order valence-electron chi connectivity index (χ0n) is 23.0. The van der Waals surface area contributed by atoms with Crippen molar-refractivity contribution in [2.75, 3.05) is 46.7 Å². The Kier molecular flexibility index (Phi) is 8.49. The minimum Gasteiger partial charge on any atom is -0.493 e. The van der Waals surface area contributed by atoms with Gasteiger partial charge in [-0.1, -0.05) is 30.3 Å². The van der Waals surface area contributed by atoms with Crippen molar-refractivity contribution in [3.05, 3.63) is 71.8 Å². The quantitative estimate of drug-likeness (QED) is 0.181. The predicted octanol–water partition coefficient (Wildman–Crippen LogP) is 4.98. The number of H-pyrrole nitrogens is 1. The van der Waals surface area contributed by atoms with Crippen LogP contribution in [-0.2, 0) is 20.7 Å². The minimum atomic E-state index is -3.43. The van der Waals surface area contributed by atoms with E-state index < -0.39 is 10.1 Å². The molecule has 1 aromatic heterocycles. The molecule has 3 aromatic carbocycles. The van der Waals surface area contributed by atoms with Crippen LogP contribution in [0.5, 0.6) is 11.5 Å². The second kappa shape index (κ2) is 12.2. The summed E-state index contributed by atoms with van der Waals surface area (Å²) in [5.41, 5.74) is 6.98. The number of nitrogens with one attached hydrogen (secondary N) is 1. The molecule has 0 fully saturated rings. The number of aromatic nitrogens is 2. The van der Waals surface area contributed by atoms with E-state index >= 15 is 0 Å². The van der Waals surface area contributed by atoms with Crippen LogP contribution in [0.15, 0.2) is 65.7 Å². The van der Waals surface area contributed by atoms with Gasteiger partial charge in [0.15, 0.2) is 0 Å². The molecule has 9 nitrogen and oxygen atoms in total. The monoisotopic (exact) mass is 562 g/mol. The number of benzene rings is 3. The van der Waals surface area contributed by atoms with Gasteiger partial charge in [0, 0.05) is 37.1 Å². The number of aliphatic imine (C=N–C) groups is 1. The van der Waals surface area contributed by atoms with Crippen LogP contribution < -0.4 is 9.47 Å². The van der Waals surface area contributed by atoms with Gasteiger partial charge in [-0.15, -0.1) is 0 Å². The lowest BCUT2D eigenvalue weighted by atomic mass is 10.0. The fraction of sp³-hybridized carbons (Fsp3) is 0.333. The van der Waals surface area contributed by atoms with Gasteiger partial charge in [-0.2, -0.15) is 8.42 Å². The molecule has 0 unspecified atom stereocenters. The van der Waals surface area contributed by atoms with E-state index in [-0.39, 0.29) is 6.61 Å². The molecule has 210 valence electrons. The van der Waals surface area contributed by atoms with E-state index in [0.717, 1.165) is 70.8 Å². The number of fused-ring (bicyclic) bond motifs is 2. The Morgan fingerprint density at radius 1 is 0.875 bits per heavy atom. The molecule has 40 heavy (non-hydrogen) atoms. The van der Waals surface area contributed by atoms with Crippen LogP contribution in [0.3, 0.4) is 0 Å². The molecule has 0 saturated carbocycles. The number of imidazole rings is 1. The molecule has 10 heteroatoms. The Hall–Kier alpha value is -3.73. The third-order valence-corrected chi connectivity index (χ3v) is 7.08. The number of rotatable bonds is 13. The summed E-state index contributed by atoms with van der Waals surface area (Å²) >= 11 is 0. The van der Waals surface area contributed by atoms with Crippen molar-refractivity contribution in [1.82, 2.24) is 14.9 Å². The largest absolute Gasteiger partial charge is 0.493 e. The topological polar surface area (TPSA) is 106 Å². The summed E-state index contributed by atoms with van der Waals surface area (Å²) in [6.45, 7) is 2.13. The zero-order valence-corrected chi connectivity index (χ0v) is 23.8. The molecule has 1 N–H and O–H groups in total. The highest BCUT2D eigenvalue weighted by molar-refractivity contribution is 7.85.